The highest BCUT2D eigenvalue weighted by molar-refractivity contribution is 7.98. The van der Waals surface area contributed by atoms with E-state index in [0.29, 0.717) is 39.1 Å². The van der Waals surface area contributed by atoms with E-state index in [1.54, 1.807) is 30.0 Å². The second-order valence-corrected chi connectivity index (χ2v) is 11.7. The molecule has 1 unspecified atom stereocenters. The number of hydrogen-bond donors (Lipinski definition) is 1. The third-order valence-corrected chi connectivity index (χ3v) is 6.94. The highest BCUT2D eigenvalue weighted by Gasteiger charge is 2.20. The molecule has 34 heavy (non-hydrogen) atoms. The van der Waals surface area contributed by atoms with E-state index in [4.69, 9.17) is 23.2 Å². The first-order chi connectivity index (χ1) is 16.0. The lowest BCUT2D eigenvalue weighted by molar-refractivity contribution is -0.122. The van der Waals surface area contributed by atoms with Crippen LogP contribution in [0.4, 0.5) is 0 Å². The summed E-state index contributed by atoms with van der Waals surface area (Å²) in [5, 5.41) is 13.6. The summed E-state index contributed by atoms with van der Waals surface area (Å²) in [5.74, 6) is 1.63. The van der Waals surface area contributed by atoms with Gasteiger partial charge in [-0.25, -0.2) is 0 Å². The lowest BCUT2D eigenvalue weighted by atomic mass is 9.84. The molecular formula is C26H32Cl2N4OS. The Morgan fingerprint density at radius 3 is 2.59 bits per heavy atom. The number of benzene rings is 2. The fourth-order valence-electron chi connectivity index (χ4n) is 4.01. The molecule has 3 rings (SSSR count). The summed E-state index contributed by atoms with van der Waals surface area (Å²) < 4.78 is 1.88. The second kappa shape index (κ2) is 11.6. The van der Waals surface area contributed by atoms with Gasteiger partial charge in [-0.05, 0) is 54.0 Å². The molecule has 0 aliphatic heterocycles. The van der Waals surface area contributed by atoms with E-state index < -0.39 is 0 Å². The lowest BCUT2D eigenvalue weighted by Gasteiger charge is -2.22. The maximum absolute atomic E-state index is 12.6. The molecule has 1 N–H and O–H groups in total. The maximum atomic E-state index is 12.6. The van der Waals surface area contributed by atoms with Gasteiger partial charge >= 0.3 is 0 Å². The summed E-state index contributed by atoms with van der Waals surface area (Å²) in [6.07, 6.45) is 1.45. The van der Waals surface area contributed by atoms with Gasteiger partial charge in [0.25, 0.3) is 0 Å². The van der Waals surface area contributed by atoms with Crippen molar-refractivity contribution in [3.05, 3.63) is 69.5 Å². The zero-order valence-electron chi connectivity index (χ0n) is 20.4. The van der Waals surface area contributed by atoms with Crippen LogP contribution < -0.4 is 5.32 Å². The molecular weight excluding hydrogens is 487 g/mol. The summed E-state index contributed by atoms with van der Waals surface area (Å²) in [6, 6.07) is 13.6. The maximum Gasteiger partial charge on any atom is 0.220 e. The van der Waals surface area contributed by atoms with Gasteiger partial charge in [-0.3, -0.25) is 9.36 Å². The van der Waals surface area contributed by atoms with Gasteiger partial charge in [0.2, 0.25) is 5.91 Å². The number of thioether (sulfide) groups is 1. The summed E-state index contributed by atoms with van der Waals surface area (Å²) >= 11 is 14.4. The molecule has 0 aliphatic carbocycles. The number of amides is 1. The molecule has 1 heterocycles. The second-order valence-electron chi connectivity index (χ2n) is 9.90. The predicted molar refractivity (Wildman–Crippen MR) is 142 cm³/mol. The van der Waals surface area contributed by atoms with Gasteiger partial charge in [0.1, 0.15) is 0 Å². The van der Waals surface area contributed by atoms with Crippen molar-refractivity contribution in [3.8, 4) is 5.69 Å². The van der Waals surface area contributed by atoms with Crippen LogP contribution >= 0.6 is 35.0 Å². The highest BCUT2D eigenvalue weighted by Crippen LogP contribution is 2.31. The minimum absolute atomic E-state index is 0.00222. The Morgan fingerprint density at radius 2 is 1.88 bits per heavy atom. The predicted octanol–water partition coefficient (Wildman–Crippen LogP) is 7.25. The van der Waals surface area contributed by atoms with Gasteiger partial charge in [0, 0.05) is 17.2 Å². The van der Waals surface area contributed by atoms with Crippen LogP contribution in [0.25, 0.3) is 5.69 Å². The Balaban J connectivity index is 1.81. The zero-order chi connectivity index (χ0) is 24.9. The Hall–Kier alpha value is -2.02. The number of carbonyl (C=O) groups excluding carboxylic acids is 1. The number of nitrogens with zero attached hydrogens (tertiary/aromatic N) is 3. The summed E-state index contributed by atoms with van der Waals surface area (Å²) in [7, 11) is 0. The summed E-state index contributed by atoms with van der Waals surface area (Å²) in [5.41, 5.74) is 3.32. The van der Waals surface area contributed by atoms with Crippen molar-refractivity contribution >= 4 is 40.9 Å². The molecule has 0 saturated heterocycles. The first kappa shape index (κ1) is 26.6. The number of rotatable bonds is 9. The number of aryl methyl sites for hydroxylation is 1. The smallest absolute Gasteiger partial charge is 0.220 e. The highest BCUT2D eigenvalue weighted by atomic mass is 35.5. The normalized spacial score (nSPS) is 12.6. The van der Waals surface area contributed by atoms with Gasteiger partial charge in [-0.15, -0.1) is 10.2 Å². The average Bonchev–Trinajstić information content (AvgIpc) is 3.14. The van der Waals surface area contributed by atoms with Gasteiger partial charge in [0.05, 0.1) is 17.3 Å². The molecule has 0 fully saturated rings. The SMILES string of the molecule is Cc1ccccc1CSc1nnc(CNC(=O)CC(C)CC(C)(C)C)n1-c1cc(Cl)ccc1Cl. The standard InChI is InChI=1S/C26H32Cl2N4OS/c1-17(14-26(3,4)5)12-24(33)29-15-23-30-31-25(34-16-19-9-7-6-8-18(19)2)32(23)22-13-20(27)10-11-21(22)28/h6-11,13,17H,12,14-16H2,1-5H3,(H,29,33). The van der Waals surface area contributed by atoms with E-state index in [2.05, 4.69) is 62.3 Å². The minimum Gasteiger partial charge on any atom is -0.349 e. The van der Waals surface area contributed by atoms with E-state index in [1.165, 1.54) is 11.1 Å². The number of aromatic nitrogens is 3. The molecule has 1 atom stereocenters. The van der Waals surface area contributed by atoms with Crippen molar-refractivity contribution in [3.63, 3.8) is 0 Å². The molecule has 0 aliphatic rings. The van der Waals surface area contributed by atoms with Crippen LogP contribution in [-0.4, -0.2) is 20.7 Å². The van der Waals surface area contributed by atoms with Crippen molar-refractivity contribution in [1.82, 2.24) is 20.1 Å². The molecule has 3 aromatic rings. The Morgan fingerprint density at radius 1 is 1.15 bits per heavy atom. The zero-order valence-corrected chi connectivity index (χ0v) is 22.7. The first-order valence-corrected chi connectivity index (χ1v) is 13.1. The Bertz CT molecular complexity index is 1140. The van der Waals surface area contributed by atoms with Crippen LogP contribution in [0.5, 0.6) is 0 Å². The quantitative estimate of drug-likeness (QED) is 0.303. The van der Waals surface area contributed by atoms with E-state index in [0.717, 1.165) is 12.2 Å². The van der Waals surface area contributed by atoms with E-state index in [1.807, 2.05) is 16.7 Å². The molecule has 2 aromatic carbocycles. The molecule has 5 nitrogen and oxygen atoms in total. The van der Waals surface area contributed by atoms with Crippen molar-refractivity contribution in [1.29, 1.82) is 0 Å². The van der Waals surface area contributed by atoms with Gasteiger partial charge < -0.3 is 5.32 Å². The molecule has 0 spiro atoms. The molecule has 0 radical (unpaired) electrons. The Kier molecular flexibility index (Phi) is 9.07. The molecule has 0 saturated carbocycles. The van der Waals surface area contributed by atoms with Gasteiger partial charge in [-0.1, -0.05) is 86.9 Å². The largest absolute Gasteiger partial charge is 0.349 e. The molecule has 1 amide bonds. The van der Waals surface area contributed by atoms with Crippen LogP contribution in [0.1, 0.15) is 57.5 Å². The first-order valence-electron chi connectivity index (χ1n) is 11.4. The molecule has 182 valence electrons. The number of nitrogens with one attached hydrogen (secondary N) is 1. The van der Waals surface area contributed by atoms with E-state index in [-0.39, 0.29) is 17.9 Å². The fraction of sp³-hybridized carbons (Fsp3) is 0.423. The lowest BCUT2D eigenvalue weighted by Crippen LogP contribution is -2.27. The summed E-state index contributed by atoms with van der Waals surface area (Å²) in [6.45, 7) is 11.0. The van der Waals surface area contributed by atoms with Crippen LogP contribution in [0.15, 0.2) is 47.6 Å². The van der Waals surface area contributed by atoms with Gasteiger partial charge in [0.15, 0.2) is 11.0 Å². The van der Waals surface area contributed by atoms with E-state index in [9.17, 15) is 4.79 Å². The average molecular weight is 520 g/mol. The fourth-order valence-corrected chi connectivity index (χ4v) is 5.41. The third-order valence-electron chi connectivity index (χ3n) is 5.41. The third kappa shape index (κ3) is 7.49. The Labute approximate surface area is 216 Å². The van der Waals surface area contributed by atoms with Crippen molar-refractivity contribution in [2.45, 2.75) is 64.9 Å². The monoisotopic (exact) mass is 518 g/mol. The summed E-state index contributed by atoms with van der Waals surface area (Å²) in [4.78, 5) is 12.6. The van der Waals surface area contributed by atoms with Gasteiger partial charge in [-0.2, -0.15) is 0 Å². The van der Waals surface area contributed by atoms with Crippen LogP contribution in [-0.2, 0) is 17.1 Å². The van der Waals surface area contributed by atoms with Crippen molar-refractivity contribution in [2.75, 3.05) is 0 Å². The minimum atomic E-state index is -0.00222. The molecule has 8 heteroatoms. The number of halogens is 2. The topological polar surface area (TPSA) is 59.8 Å². The van der Waals surface area contributed by atoms with Crippen LogP contribution in [0, 0.1) is 18.3 Å². The number of hydrogen-bond acceptors (Lipinski definition) is 4. The van der Waals surface area contributed by atoms with E-state index >= 15 is 0 Å². The molecule has 0 bridgehead atoms. The molecule has 1 aromatic heterocycles. The van der Waals surface area contributed by atoms with Crippen LogP contribution in [0.3, 0.4) is 0 Å². The van der Waals surface area contributed by atoms with Crippen molar-refractivity contribution < 1.29 is 4.79 Å². The van der Waals surface area contributed by atoms with Crippen LogP contribution in [0.2, 0.25) is 10.0 Å². The number of carbonyl (C=O) groups is 1. The van der Waals surface area contributed by atoms with Crippen molar-refractivity contribution in [2.24, 2.45) is 11.3 Å².